The molecule has 2 rings (SSSR count). The maximum absolute atomic E-state index is 13.7. The number of halogens is 4. The summed E-state index contributed by atoms with van der Waals surface area (Å²) in [4.78, 5) is 0. The van der Waals surface area contributed by atoms with Crippen LogP contribution in [0.4, 0.5) is 17.6 Å². The second kappa shape index (κ2) is 6.55. The zero-order valence-corrected chi connectivity index (χ0v) is 11.8. The fourth-order valence-corrected chi connectivity index (χ4v) is 1.72. The van der Waals surface area contributed by atoms with Crippen molar-refractivity contribution in [1.29, 1.82) is 0 Å². The van der Waals surface area contributed by atoms with Crippen molar-refractivity contribution in [3.8, 4) is 11.1 Å². The van der Waals surface area contributed by atoms with Gasteiger partial charge in [-0.15, -0.1) is 0 Å². The third-order valence-corrected chi connectivity index (χ3v) is 2.82. The Labute approximate surface area is 116 Å². The third-order valence-electron chi connectivity index (χ3n) is 2.82. The van der Waals surface area contributed by atoms with Crippen LogP contribution in [0.3, 0.4) is 0 Å². The molecule has 20 heavy (non-hydrogen) atoms. The normalized spacial score (nSPS) is 10.0. The largest absolute Gasteiger partial charge is 0.203 e. The van der Waals surface area contributed by atoms with Crippen LogP contribution in [-0.4, -0.2) is 0 Å². The van der Waals surface area contributed by atoms with E-state index < -0.39 is 34.4 Å². The fraction of sp³-hybridized carbons (Fsp3) is 0.250. The molecule has 0 nitrogen and oxygen atoms in total. The Kier molecular flexibility index (Phi) is 5.31. The molecular weight excluding hydrogens is 268 g/mol. The van der Waals surface area contributed by atoms with E-state index >= 15 is 0 Å². The van der Waals surface area contributed by atoms with Crippen LogP contribution in [0.25, 0.3) is 11.1 Å². The van der Waals surface area contributed by atoms with Crippen molar-refractivity contribution in [2.45, 2.75) is 27.7 Å². The summed E-state index contributed by atoms with van der Waals surface area (Å²) in [6.45, 7) is 6.79. The van der Waals surface area contributed by atoms with E-state index in [-0.39, 0.29) is 5.56 Å². The summed E-state index contributed by atoms with van der Waals surface area (Å²) >= 11 is 0. The zero-order valence-electron chi connectivity index (χ0n) is 11.8. The second-order valence-corrected chi connectivity index (χ2v) is 4.12. The summed E-state index contributed by atoms with van der Waals surface area (Å²) in [5.41, 5.74) is -0.336. The number of benzene rings is 2. The molecule has 0 spiro atoms. The quantitative estimate of drug-likeness (QED) is 0.475. The highest BCUT2D eigenvalue weighted by Crippen LogP contribution is 2.31. The molecule has 0 amide bonds. The standard InChI is InChI=1S/C14H10F4.C2H6/c1-7-3-5-9(6-4-7)10-13(17)11(15)8(2)12(16)14(10)18;1-2/h3-6H,1-2H3;1-2H3. The molecule has 0 fully saturated rings. The van der Waals surface area contributed by atoms with Crippen molar-refractivity contribution in [1.82, 2.24) is 0 Å². The van der Waals surface area contributed by atoms with E-state index in [2.05, 4.69) is 0 Å². The van der Waals surface area contributed by atoms with E-state index in [9.17, 15) is 17.6 Å². The molecule has 0 aliphatic heterocycles. The molecule has 108 valence electrons. The van der Waals surface area contributed by atoms with E-state index in [1.165, 1.54) is 12.1 Å². The van der Waals surface area contributed by atoms with Gasteiger partial charge in [-0.1, -0.05) is 43.7 Å². The van der Waals surface area contributed by atoms with Crippen LogP contribution >= 0.6 is 0 Å². The SMILES string of the molecule is CC.Cc1ccc(-c2c(F)c(F)c(C)c(F)c2F)cc1. The maximum Gasteiger partial charge on any atom is 0.170 e. The summed E-state index contributed by atoms with van der Waals surface area (Å²) in [7, 11) is 0. The van der Waals surface area contributed by atoms with Gasteiger partial charge in [-0.2, -0.15) is 0 Å². The minimum absolute atomic E-state index is 0.105. The Morgan fingerprint density at radius 3 is 1.45 bits per heavy atom. The number of rotatable bonds is 1. The molecule has 0 aliphatic rings. The Bertz CT molecular complexity index is 572. The summed E-state index contributed by atoms with van der Waals surface area (Å²) in [5, 5.41) is 0. The lowest BCUT2D eigenvalue weighted by atomic mass is 10.0. The molecule has 2 aromatic rings. The van der Waals surface area contributed by atoms with Crippen LogP contribution in [0, 0.1) is 37.1 Å². The first-order chi connectivity index (χ1) is 9.43. The number of aryl methyl sites for hydroxylation is 1. The molecule has 0 saturated carbocycles. The summed E-state index contributed by atoms with van der Waals surface area (Å²) in [6, 6.07) is 6.07. The van der Waals surface area contributed by atoms with Gasteiger partial charge in [0.25, 0.3) is 0 Å². The van der Waals surface area contributed by atoms with Gasteiger partial charge in [0.05, 0.1) is 5.56 Å². The van der Waals surface area contributed by atoms with Crippen LogP contribution in [0.15, 0.2) is 24.3 Å². The van der Waals surface area contributed by atoms with Gasteiger partial charge in [-0.25, -0.2) is 17.6 Å². The van der Waals surface area contributed by atoms with Gasteiger partial charge in [-0.05, 0) is 19.4 Å². The topological polar surface area (TPSA) is 0 Å². The molecule has 0 aliphatic carbocycles. The lowest BCUT2D eigenvalue weighted by Crippen LogP contribution is -2.03. The van der Waals surface area contributed by atoms with Gasteiger partial charge in [0.2, 0.25) is 0 Å². The van der Waals surface area contributed by atoms with Crippen LogP contribution in [0.5, 0.6) is 0 Å². The highest BCUT2D eigenvalue weighted by molar-refractivity contribution is 5.66. The summed E-state index contributed by atoms with van der Waals surface area (Å²) in [5.74, 6) is -5.44. The molecule has 0 saturated heterocycles. The molecule has 4 heteroatoms. The van der Waals surface area contributed by atoms with E-state index in [0.29, 0.717) is 0 Å². The first-order valence-corrected chi connectivity index (χ1v) is 6.33. The van der Waals surface area contributed by atoms with E-state index in [4.69, 9.17) is 0 Å². The fourth-order valence-electron chi connectivity index (χ4n) is 1.72. The van der Waals surface area contributed by atoms with Gasteiger partial charge in [-0.3, -0.25) is 0 Å². The summed E-state index contributed by atoms with van der Waals surface area (Å²) in [6.07, 6.45) is 0. The van der Waals surface area contributed by atoms with Crippen molar-refractivity contribution in [2.24, 2.45) is 0 Å². The van der Waals surface area contributed by atoms with E-state index in [1.807, 2.05) is 13.8 Å². The van der Waals surface area contributed by atoms with Crippen LogP contribution < -0.4 is 0 Å². The Balaban J connectivity index is 0.000000956. The smallest absolute Gasteiger partial charge is 0.170 e. The molecule has 2 aromatic carbocycles. The van der Waals surface area contributed by atoms with Gasteiger partial charge in [0.1, 0.15) is 0 Å². The number of hydrogen-bond acceptors (Lipinski definition) is 0. The lowest BCUT2D eigenvalue weighted by Gasteiger charge is -2.10. The van der Waals surface area contributed by atoms with E-state index in [0.717, 1.165) is 12.5 Å². The molecule has 0 N–H and O–H groups in total. The van der Waals surface area contributed by atoms with Crippen molar-refractivity contribution in [2.75, 3.05) is 0 Å². The Hall–Kier alpha value is -1.84. The van der Waals surface area contributed by atoms with Crippen LogP contribution in [0.1, 0.15) is 25.0 Å². The molecule has 0 heterocycles. The lowest BCUT2D eigenvalue weighted by molar-refractivity contribution is 0.449. The first-order valence-electron chi connectivity index (χ1n) is 6.33. The van der Waals surface area contributed by atoms with Crippen molar-refractivity contribution in [3.63, 3.8) is 0 Å². The minimum atomic E-state index is -1.37. The average Bonchev–Trinajstić information content (AvgIpc) is 2.47. The third kappa shape index (κ3) is 2.84. The monoisotopic (exact) mass is 284 g/mol. The highest BCUT2D eigenvalue weighted by atomic mass is 19.2. The predicted octanol–water partition coefficient (Wildman–Crippen LogP) is 5.55. The Morgan fingerprint density at radius 2 is 1.05 bits per heavy atom. The molecular formula is C16H16F4. The van der Waals surface area contributed by atoms with Crippen LogP contribution in [0.2, 0.25) is 0 Å². The van der Waals surface area contributed by atoms with Gasteiger partial charge < -0.3 is 0 Å². The highest BCUT2D eigenvalue weighted by Gasteiger charge is 2.23. The molecule has 0 unspecified atom stereocenters. The number of hydrogen-bond donors (Lipinski definition) is 0. The first kappa shape index (κ1) is 16.2. The van der Waals surface area contributed by atoms with Crippen molar-refractivity contribution in [3.05, 3.63) is 58.7 Å². The molecule has 0 aromatic heterocycles. The predicted molar refractivity (Wildman–Crippen MR) is 72.5 cm³/mol. The minimum Gasteiger partial charge on any atom is -0.203 e. The van der Waals surface area contributed by atoms with Gasteiger partial charge in [0, 0.05) is 5.56 Å². The molecule has 0 radical (unpaired) electrons. The molecule has 0 atom stereocenters. The summed E-state index contributed by atoms with van der Waals surface area (Å²) < 4.78 is 54.2. The van der Waals surface area contributed by atoms with Gasteiger partial charge >= 0.3 is 0 Å². The van der Waals surface area contributed by atoms with Crippen LogP contribution in [-0.2, 0) is 0 Å². The van der Waals surface area contributed by atoms with Crippen molar-refractivity contribution < 1.29 is 17.6 Å². The van der Waals surface area contributed by atoms with E-state index in [1.54, 1.807) is 19.1 Å². The molecule has 0 bridgehead atoms. The Morgan fingerprint density at radius 1 is 0.650 bits per heavy atom. The average molecular weight is 284 g/mol. The zero-order chi connectivity index (χ0) is 15.4. The van der Waals surface area contributed by atoms with Crippen molar-refractivity contribution >= 4 is 0 Å². The maximum atomic E-state index is 13.7. The second-order valence-electron chi connectivity index (χ2n) is 4.12. The van der Waals surface area contributed by atoms with Gasteiger partial charge in [0.15, 0.2) is 23.3 Å².